The molecule has 0 spiro atoms. The van der Waals surface area contributed by atoms with E-state index in [1.54, 1.807) is 17.1 Å². The van der Waals surface area contributed by atoms with E-state index in [-0.39, 0.29) is 5.56 Å². The molecule has 0 aliphatic heterocycles. The van der Waals surface area contributed by atoms with Gasteiger partial charge in [0.05, 0.1) is 43.1 Å². The smallest absolute Gasteiger partial charge is 0.379 e. The quantitative estimate of drug-likeness (QED) is 0.444. The van der Waals surface area contributed by atoms with Gasteiger partial charge in [0.15, 0.2) is 5.82 Å². The van der Waals surface area contributed by atoms with E-state index in [0.717, 1.165) is 12.7 Å². The molecule has 0 atom stereocenters. The van der Waals surface area contributed by atoms with Crippen LogP contribution in [0.5, 0.6) is 5.75 Å². The van der Waals surface area contributed by atoms with Crippen LogP contribution in [-0.2, 0) is 9.53 Å². The lowest BCUT2D eigenvalue weighted by molar-refractivity contribution is -0.135. The SMILES string of the molecule is COC(=O)C(=O)c1c[nH]c2c(-n3cc(C)cn3)ncc(OC)c12. The number of aromatic nitrogens is 4. The summed E-state index contributed by atoms with van der Waals surface area (Å²) in [7, 11) is 2.62. The zero-order valence-corrected chi connectivity index (χ0v) is 12.8. The molecule has 0 bridgehead atoms. The van der Waals surface area contributed by atoms with Crippen LogP contribution in [0.4, 0.5) is 0 Å². The second kappa shape index (κ2) is 5.56. The number of ether oxygens (including phenoxy) is 2. The monoisotopic (exact) mass is 314 g/mol. The van der Waals surface area contributed by atoms with Crippen LogP contribution in [-0.4, -0.2) is 45.7 Å². The fourth-order valence-electron chi connectivity index (χ4n) is 2.34. The number of H-pyrrole nitrogens is 1. The highest BCUT2D eigenvalue weighted by Gasteiger charge is 2.25. The van der Waals surface area contributed by atoms with Gasteiger partial charge in [-0.15, -0.1) is 0 Å². The highest BCUT2D eigenvalue weighted by atomic mass is 16.5. The first-order valence-electron chi connectivity index (χ1n) is 6.75. The molecule has 3 aromatic rings. The van der Waals surface area contributed by atoms with Crippen molar-refractivity contribution in [3.8, 4) is 11.6 Å². The molecule has 0 aliphatic carbocycles. The Morgan fingerprint density at radius 3 is 2.65 bits per heavy atom. The maximum atomic E-state index is 12.2. The van der Waals surface area contributed by atoms with Crippen molar-refractivity contribution in [3.63, 3.8) is 0 Å². The molecule has 118 valence electrons. The number of esters is 1. The van der Waals surface area contributed by atoms with Crippen LogP contribution in [0.2, 0.25) is 0 Å². The molecule has 0 radical (unpaired) electrons. The van der Waals surface area contributed by atoms with Crippen LogP contribution >= 0.6 is 0 Å². The van der Waals surface area contributed by atoms with Crippen molar-refractivity contribution in [3.05, 3.63) is 35.9 Å². The lowest BCUT2D eigenvalue weighted by atomic mass is 10.1. The van der Waals surface area contributed by atoms with Crippen LogP contribution in [0.15, 0.2) is 24.8 Å². The summed E-state index contributed by atoms with van der Waals surface area (Å²) in [6, 6.07) is 0. The molecule has 0 aromatic carbocycles. The third kappa shape index (κ3) is 2.33. The zero-order valence-electron chi connectivity index (χ0n) is 12.8. The summed E-state index contributed by atoms with van der Waals surface area (Å²) < 4.78 is 11.4. The van der Waals surface area contributed by atoms with Gasteiger partial charge in [-0.3, -0.25) is 4.79 Å². The number of methoxy groups -OCH3 is 2. The van der Waals surface area contributed by atoms with E-state index in [1.165, 1.54) is 19.5 Å². The average molecular weight is 314 g/mol. The van der Waals surface area contributed by atoms with Gasteiger partial charge in [-0.1, -0.05) is 0 Å². The van der Waals surface area contributed by atoms with Crippen molar-refractivity contribution in [1.29, 1.82) is 0 Å². The van der Waals surface area contributed by atoms with Gasteiger partial charge in [0, 0.05) is 12.4 Å². The average Bonchev–Trinajstić information content (AvgIpc) is 3.19. The number of carbonyl (C=O) groups is 2. The van der Waals surface area contributed by atoms with Crippen LogP contribution in [0, 0.1) is 6.92 Å². The first kappa shape index (κ1) is 14.8. The predicted octanol–water partition coefficient (Wildman–Crippen LogP) is 1.42. The first-order chi connectivity index (χ1) is 11.1. The Labute approximate surface area is 131 Å². The predicted molar refractivity (Wildman–Crippen MR) is 80.9 cm³/mol. The van der Waals surface area contributed by atoms with Gasteiger partial charge in [0.1, 0.15) is 5.75 Å². The molecule has 8 nitrogen and oxygen atoms in total. The molecule has 8 heteroatoms. The van der Waals surface area contributed by atoms with Gasteiger partial charge < -0.3 is 14.5 Å². The van der Waals surface area contributed by atoms with Gasteiger partial charge >= 0.3 is 5.97 Å². The topological polar surface area (TPSA) is 99.1 Å². The Bertz CT molecular complexity index is 909. The van der Waals surface area contributed by atoms with Crippen molar-refractivity contribution in [1.82, 2.24) is 19.7 Å². The number of rotatable bonds is 4. The van der Waals surface area contributed by atoms with E-state index in [2.05, 4.69) is 19.8 Å². The Kier molecular flexibility index (Phi) is 3.57. The van der Waals surface area contributed by atoms with Crippen molar-refractivity contribution in [2.45, 2.75) is 6.92 Å². The Hall–Kier alpha value is -3.16. The van der Waals surface area contributed by atoms with Gasteiger partial charge in [-0.05, 0) is 12.5 Å². The number of carbonyl (C=O) groups excluding carboxylic acids is 2. The number of hydrogen-bond donors (Lipinski definition) is 1. The highest BCUT2D eigenvalue weighted by molar-refractivity contribution is 6.43. The normalized spacial score (nSPS) is 10.7. The molecule has 0 saturated heterocycles. The molecule has 1 N–H and O–H groups in total. The minimum atomic E-state index is -0.943. The van der Waals surface area contributed by atoms with E-state index in [0.29, 0.717) is 22.5 Å². The van der Waals surface area contributed by atoms with E-state index < -0.39 is 11.8 Å². The molecule has 0 unspecified atom stereocenters. The summed E-state index contributed by atoms with van der Waals surface area (Å²) in [4.78, 5) is 31.0. The number of nitrogens with one attached hydrogen (secondary N) is 1. The molecule has 3 aromatic heterocycles. The zero-order chi connectivity index (χ0) is 16.6. The summed E-state index contributed by atoms with van der Waals surface area (Å²) in [6.07, 6.45) is 6.42. The number of hydrogen-bond acceptors (Lipinski definition) is 6. The number of nitrogens with zero attached hydrogens (tertiary/aromatic N) is 3. The number of ketones is 1. The molecule has 3 heterocycles. The van der Waals surface area contributed by atoms with Gasteiger partial charge in [-0.25, -0.2) is 14.5 Å². The molecule has 0 fully saturated rings. The molecule has 0 amide bonds. The summed E-state index contributed by atoms with van der Waals surface area (Å²) in [5.41, 5.74) is 1.67. The van der Waals surface area contributed by atoms with Gasteiger partial charge in [0.25, 0.3) is 5.78 Å². The third-order valence-electron chi connectivity index (χ3n) is 3.42. The van der Waals surface area contributed by atoms with Crippen LogP contribution in [0.25, 0.3) is 16.7 Å². The Morgan fingerprint density at radius 2 is 2.04 bits per heavy atom. The molecule has 0 aliphatic rings. The summed E-state index contributed by atoms with van der Waals surface area (Å²) in [5, 5.41) is 4.67. The maximum Gasteiger partial charge on any atom is 0.379 e. The van der Waals surface area contributed by atoms with Crippen LogP contribution in [0.3, 0.4) is 0 Å². The van der Waals surface area contributed by atoms with Crippen LogP contribution < -0.4 is 4.74 Å². The number of Topliss-reactive ketones (excluding diaryl/α,β-unsaturated/α-hetero) is 1. The standard InChI is InChI=1S/C15H14N4O4/c1-8-4-18-19(7-8)14-12-11(10(22-2)6-17-14)9(5-16-12)13(20)15(21)23-3/h4-7,16H,1-3H3. The van der Waals surface area contributed by atoms with Gasteiger partial charge in [0.2, 0.25) is 0 Å². The summed E-state index contributed by atoms with van der Waals surface area (Å²) >= 11 is 0. The lowest BCUT2D eigenvalue weighted by Crippen LogP contribution is -2.15. The van der Waals surface area contributed by atoms with E-state index in [9.17, 15) is 9.59 Å². The molecule has 23 heavy (non-hydrogen) atoms. The van der Waals surface area contributed by atoms with Crippen LogP contribution in [0.1, 0.15) is 15.9 Å². The number of fused-ring (bicyclic) bond motifs is 1. The summed E-state index contributed by atoms with van der Waals surface area (Å²) in [6.45, 7) is 1.91. The number of pyridine rings is 1. The Morgan fingerprint density at radius 1 is 1.26 bits per heavy atom. The second-order valence-electron chi connectivity index (χ2n) is 4.89. The third-order valence-corrected chi connectivity index (χ3v) is 3.42. The molecule has 0 saturated carbocycles. The van der Waals surface area contributed by atoms with E-state index in [1.807, 2.05) is 6.92 Å². The van der Waals surface area contributed by atoms with E-state index in [4.69, 9.17) is 4.74 Å². The van der Waals surface area contributed by atoms with E-state index >= 15 is 0 Å². The fourth-order valence-corrected chi connectivity index (χ4v) is 2.34. The largest absolute Gasteiger partial charge is 0.494 e. The number of aromatic amines is 1. The minimum Gasteiger partial charge on any atom is -0.494 e. The van der Waals surface area contributed by atoms with Crippen molar-refractivity contribution in [2.75, 3.05) is 14.2 Å². The first-order valence-corrected chi connectivity index (χ1v) is 6.75. The highest BCUT2D eigenvalue weighted by Crippen LogP contribution is 2.31. The molecular formula is C15H14N4O4. The maximum absolute atomic E-state index is 12.2. The van der Waals surface area contributed by atoms with Crippen molar-refractivity contribution >= 4 is 22.7 Å². The molecular weight excluding hydrogens is 300 g/mol. The lowest BCUT2D eigenvalue weighted by Gasteiger charge is -2.07. The van der Waals surface area contributed by atoms with Crippen molar-refractivity contribution in [2.24, 2.45) is 0 Å². The fraction of sp³-hybridized carbons (Fsp3) is 0.200. The second-order valence-corrected chi connectivity index (χ2v) is 4.89. The minimum absolute atomic E-state index is 0.163. The summed E-state index contributed by atoms with van der Waals surface area (Å²) in [5.74, 6) is -0.828. The molecule has 3 rings (SSSR count). The number of aryl methyl sites for hydroxylation is 1. The van der Waals surface area contributed by atoms with Gasteiger partial charge in [-0.2, -0.15) is 5.10 Å². The Balaban J connectivity index is 2.26. The van der Waals surface area contributed by atoms with Crippen molar-refractivity contribution < 1.29 is 19.1 Å².